The van der Waals surface area contributed by atoms with Crippen LogP contribution in [0.2, 0.25) is 0 Å². The number of thioether (sulfide) groups is 1. The summed E-state index contributed by atoms with van der Waals surface area (Å²) < 4.78 is 5.35. The number of benzene rings is 2. The number of carbonyl (C=O) groups excluding carboxylic acids is 1. The molecule has 7 nitrogen and oxygen atoms in total. The van der Waals surface area contributed by atoms with Crippen molar-refractivity contribution in [2.24, 2.45) is 0 Å². The summed E-state index contributed by atoms with van der Waals surface area (Å²) in [6, 6.07) is 14.1. The zero-order valence-corrected chi connectivity index (χ0v) is 16.5. The van der Waals surface area contributed by atoms with Crippen molar-refractivity contribution in [3.8, 4) is 11.1 Å². The molecule has 1 atom stereocenters. The number of nitrogens with one attached hydrogen (secondary N) is 2. The molecule has 29 heavy (non-hydrogen) atoms. The predicted molar refractivity (Wildman–Crippen MR) is 114 cm³/mol. The highest BCUT2D eigenvalue weighted by molar-refractivity contribution is 7.98. The van der Waals surface area contributed by atoms with E-state index in [0.717, 1.165) is 5.39 Å². The lowest BCUT2D eigenvalue weighted by atomic mass is 10.1. The molecule has 0 bridgehead atoms. The van der Waals surface area contributed by atoms with Gasteiger partial charge < -0.3 is 20.2 Å². The number of carbonyl (C=O) groups is 2. The van der Waals surface area contributed by atoms with Crippen molar-refractivity contribution in [2.45, 2.75) is 12.5 Å². The van der Waals surface area contributed by atoms with Gasteiger partial charge in [-0.1, -0.05) is 30.3 Å². The van der Waals surface area contributed by atoms with Gasteiger partial charge in [0.25, 0.3) is 0 Å². The van der Waals surface area contributed by atoms with Crippen LogP contribution in [0.3, 0.4) is 0 Å². The number of rotatable bonds is 7. The quantitative estimate of drug-likeness (QED) is 0.510. The molecular weight excluding hydrogens is 392 g/mol. The Morgan fingerprint density at radius 1 is 1.14 bits per heavy atom. The molecule has 3 N–H and O–H groups in total. The van der Waals surface area contributed by atoms with E-state index in [4.69, 9.17) is 4.42 Å². The van der Waals surface area contributed by atoms with Crippen molar-refractivity contribution < 1.29 is 19.1 Å². The van der Waals surface area contributed by atoms with Gasteiger partial charge in [-0.3, -0.25) is 0 Å². The first-order valence-corrected chi connectivity index (χ1v) is 10.3. The SMILES string of the molecule is CSCCC(NC(=O)Nc1ccc(-c2cc3ccccc3oc2=O)cc1)C(=O)O. The molecule has 3 aromatic rings. The second-order valence-electron chi connectivity index (χ2n) is 6.33. The van der Waals surface area contributed by atoms with Crippen LogP contribution in [0.5, 0.6) is 0 Å². The Labute approximate surface area is 171 Å². The van der Waals surface area contributed by atoms with E-state index in [0.29, 0.717) is 34.6 Å². The highest BCUT2D eigenvalue weighted by Gasteiger charge is 2.19. The minimum Gasteiger partial charge on any atom is -0.480 e. The lowest BCUT2D eigenvalue weighted by Crippen LogP contribution is -2.43. The van der Waals surface area contributed by atoms with Crippen LogP contribution in [0, 0.1) is 0 Å². The number of urea groups is 1. The maximum Gasteiger partial charge on any atom is 0.344 e. The van der Waals surface area contributed by atoms with Gasteiger partial charge in [0, 0.05) is 11.1 Å². The highest BCUT2D eigenvalue weighted by atomic mass is 32.2. The zero-order chi connectivity index (χ0) is 20.8. The van der Waals surface area contributed by atoms with Crippen molar-refractivity contribution >= 4 is 40.4 Å². The van der Waals surface area contributed by atoms with Crippen LogP contribution in [-0.4, -0.2) is 35.2 Å². The molecule has 0 saturated heterocycles. The number of hydrogen-bond donors (Lipinski definition) is 3. The maximum absolute atomic E-state index is 12.3. The van der Waals surface area contributed by atoms with E-state index in [2.05, 4.69) is 10.6 Å². The topological polar surface area (TPSA) is 109 Å². The fourth-order valence-electron chi connectivity index (χ4n) is 2.81. The number of carboxylic acid groups (broad SMARTS) is 1. The Bertz CT molecular complexity index is 1080. The Balaban J connectivity index is 1.72. The van der Waals surface area contributed by atoms with E-state index in [9.17, 15) is 19.5 Å². The highest BCUT2D eigenvalue weighted by Crippen LogP contribution is 2.22. The average molecular weight is 412 g/mol. The summed E-state index contributed by atoms with van der Waals surface area (Å²) >= 11 is 1.51. The van der Waals surface area contributed by atoms with Gasteiger partial charge in [-0.25, -0.2) is 14.4 Å². The normalized spacial score (nSPS) is 11.8. The Morgan fingerprint density at radius 2 is 1.86 bits per heavy atom. The zero-order valence-electron chi connectivity index (χ0n) is 15.7. The molecule has 1 heterocycles. The van der Waals surface area contributed by atoms with Gasteiger partial charge in [0.15, 0.2) is 0 Å². The first-order chi connectivity index (χ1) is 14.0. The second kappa shape index (κ2) is 9.29. The van der Waals surface area contributed by atoms with Gasteiger partial charge in [-0.2, -0.15) is 11.8 Å². The number of para-hydroxylation sites is 1. The molecule has 0 aliphatic heterocycles. The van der Waals surface area contributed by atoms with E-state index in [-0.39, 0.29) is 0 Å². The summed E-state index contributed by atoms with van der Waals surface area (Å²) in [5.41, 5.74) is 1.62. The molecule has 150 valence electrons. The largest absolute Gasteiger partial charge is 0.480 e. The van der Waals surface area contributed by atoms with E-state index < -0.39 is 23.7 Å². The smallest absolute Gasteiger partial charge is 0.344 e. The number of amides is 2. The Morgan fingerprint density at radius 3 is 2.55 bits per heavy atom. The lowest BCUT2D eigenvalue weighted by Gasteiger charge is -2.14. The number of carboxylic acids is 1. The maximum atomic E-state index is 12.3. The van der Waals surface area contributed by atoms with E-state index in [1.807, 2.05) is 18.4 Å². The van der Waals surface area contributed by atoms with Crippen LogP contribution in [0.4, 0.5) is 10.5 Å². The predicted octanol–water partition coefficient (Wildman–Crippen LogP) is 3.79. The summed E-state index contributed by atoms with van der Waals surface area (Å²) in [4.78, 5) is 35.6. The number of anilines is 1. The summed E-state index contributed by atoms with van der Waals surface area (Å²) in [6.45, 7) is 0. The van der Waals surface area contributed by atoms with Crippen LogP contribution < -0.4 is 16.3 Å². The van der Waals surface area contributed by atoms with Crippen LogP contribution in [0.1, 0.15) is 6.42 Å². The molecule has 0 saturated carbocycles. The third-order valence-electron chi connectivity index (χ3n) is 4.31. The van der Waals surface area contributed by atoms with Gasteiger partial charge in [0.2, 0.25) is 0 Å². The summed E-state index contributed by atoms with van der Waals surface area (Å²) in [7, 11) is 0. The molecule has 0 aliphatic rings. The molecule has 2 aromatic carbocycles. The van der Waals surface area contributed by atoms with Crippen molar-refractivity contribution in [1.29, 1.82) is 0 Å². The summed E-state index contributed by atoms with van der Waals surface area (Å²) in [5, 5.41) is 15.1. The molecule has 0 spiro atoms. The van der Waals surface area contributed by atoms with Gasteiger partial charge in [0.05, 0.1) is 5.56 Å². The average Bonchev–Trinajstić information content (AvgIpc) is 2.71. The van der Waals surface area contributed by atoms with Crippen molar-refractivity contribution in [3.05, 3.63) is 65.0 Å². The van der Waals surface area contributed by atoms with Crippen molar-refractivity contribution in [3.63, 3.8) is 0 Å². The molecule has 0 fully saturated rings. The Kier molecular flexibility index (Phi) is 6.56. The molecule has 2 amide bonds. The van der Waals surface area contributed by atoms with E-state index >= 15 is 0 Å². The van der Waals surface area contributed by atoms with Crippen LogP contribution in [-0.2, 0) is 4.79 Å². The number of aliphatic carboxylic acids is 1. The van der Waals surface area contributed by atoms with Crippen LogP contribution in [0.15, 0.2) is 63.8 Å². The first-order valence-electron chi connectivity index (χ1n) is 8.90. The van der Waals surface area contributed by atoms with Crippen molar-refractivity contribution in [1.82, 2.24) is 5.32 Å². The van der Waals surface area contributed by atoms with Crippen LogP contribution >= 0.6 is 11.8 Å². The molecule has 1 unspecified atom stereocenters. The third kappa shape index (κ3) is 5.17. The monoisotopic (exact) mass is 412 g/mol. The molecular formula is C21H20N2O5S. The van der Waals surface area contributed by atoms with E-state index in [1.54, 1.807) is 42.5 Å². The first kappa shape index (κ1) is 20.5. The number of fused-ring (bicyclic) bond motifs is 1. The molecule has 3 rings (SSSR count). The molecule has 0 aliphatic carbocycles. The second-order valence-corrected chi connectivity index (χ2v) is 7.32. The fraction of sp³-hybridized carbons (Fsp3) is 0.190. The minimum atomic E-state index is -1.08. The lowest BCUT2D eigenvalue weighted by molar-refractivity contribution is -0.139. The van der Waals surface area contributed by atoms with Gasteiger partial charge in [0.1, 0.15) is 11.6 Å². The number of hydrogen-bond acceptors (Lipinski definition) is 5. The van der Waals surface area contributed by atoms with E-state index in [1.165, 1.54) is 11.8 Å². The Hall–Kier alpha value is -3.26. The van der Waals surface area contributed by atoms with Gasteiger partial charge in [-0.05, 0) is 48.3 Å². The minimum absolute atomic E-state index is 0.334. The summed E-state index contributed by atoms with van der Waals surface area (Å²) in [6.07, 6.45) is 2.21. The van der Waals surface area contributed by atoms with Crippen LogP contribution in [0.25, 0.3) is 22.1 Å². The standard InChI is InChI=1S/C21H20N2O5S/c1-29-11-10-17(19(24)25)23-21(27)22-15-8-6-13(7-9-15)16-12-14-4-2-3-5-18(14)28-20(16)26/h2-9,12,17H,10-11H2,1H3,(H,24,25)(H2,22,23,27). The van der Waals surface area contributed by atoms with Gasteiger partial charge >= 0.3 is 17.6 Å². The third-order valence-corrected chi connectivity index (χ3v) is 4.95. The molecule has 1 aromatic heterocycles. The fourth-order valence-corrected chi connectivity index (χ4v) is 3.29. The van der Waals surface area contributed by atoms with Gasteiger partial charge in [-0.15, -0.1) is 0 Å². The summed E-state index contributed by atoms with van der Waals surface area (Å²) in [5.74, 6) is -0.451. The molecule has 8 heteroatoms. The molecule has 0 radical (unpaired) electrons. The van der Waals surface area contributed by atoms with Crippen molar-refractivity contribution in [2.75, 3.05) is 17.3 Å².